The molecule has 0 fully saturated rings. The van der Waals surface area contributed by atoms with E-state index in [9.17, 15) is 14.4 Å². The average Bonchev–Trinajstić information content (AvgIpc) is 3.31. The molecule has 0 bridgehead atoms. The Balaban J connectivity index is 1.58. The van der Waals surface area contributed by atoms with Gasteiger partial charge in [0.25, 0.3) is 5.56 Å². The first-order valence-electron chi connectivity index (χ1n) is 12.5. The van der Waals surface area contributed by atoms with Crippen LogP contribution in [0.3, 0.4) is 0 Å². The van der Waals surface area contributed by atoms with Gasteiger partial charge in [0, 0.05) is 47.4 Å². The van der Waals surface area contributed by atoms with E-state index in [1.807, 2.05) is 55.7 Å². The molecule has 0 aliphatic carbocycles. The van der Waals surface area contributed by atoms with Crippen LogP contribution in [-0.4, -0.2) is 38.4 Å². The van der Waals surface area contributed by atoms with E-state index >= 15 is 0 Å². The molecule has 5 rings (SSSR count). The highest BCUT2D eigenvalue weighted by atomic mass is 35.5. The van der Waals surface area contributed by atoms with Crippen molar-refractivity contribution in [1.29, 1.82) is 0 Å². The predicted octanol–water partition coefficient (Wildman–Crippen LogP) is 5.08. The number of nitrogens with one attached hydrogen (secondary N) is 1. The van der Waals surface area contributed by atoms with Gasteiger partial charge in [0.15, 0.2) is 5.78 Å². The summed E-state index contributed by atoms with van der Waals surface area (Å²) >= 11 is 6.22. The van der Waals surface area contributed by atoms with Crippen molar-refractivity contribution in [2.75, 3.05) is 12.4 Å². The van der Waals surface area contributed by atoms with Gasteiger partial charge < -0.3 is 10.1 Å². The minimum absolute atomic E-state index is 0.0759. The van der Waals surface area contributed by atoms with Gasteiger partial charge >= 0.3 is 0 Å². The summed E-state index contributed by atoms with van der Waals surface area (Å²) in [7, 11) is 3.24. The molecule has 0 radical (unpaired) electrons. The summed E-state index contributed by atoms with van der Waals surface area (Å²) in [4.78, 5) is 39.6. The first kappa shape index (κ1) is 26.8. The number of halogens is 1. The molecule has 1 amide bonds. The van der Waals surface area contributed by atoms with Gasteiger partial charge in [0.1, 0.15) is 6.04 Å². The summed E-state index contributed by atoms with van der Waals surface area (Å²) in [5.74, 6) is -0.555. The first-order valence-corrected chi connectivity index (χ1v) is 12.9. The molecule has 2 heterocycles. The van der Waals surface area contributed by atoms with Gasteiger partial charge in [0.05, 0.1) is 18.2 Å². The number of fused-ring (bicyclic) bond motifs is 1. The molecule has 9 nitrogen and oxygen atoms in total. The van der Waals surface area contributed by atoms with Gasteiger partial charge in [-0.25, -0.2) is 4.68 Å². The van der Waals surface area contributed by atoms with Crippen molar-refractivity contribution in [2.45, 2.75) is 19.4 Å². The number of hydrogen-bond donors (Lipinski definition) is 1. The van der Waals surface area contributed by atoms with Gasteiger partial charge in [0.2, 0.25) is 11.8 Å². The summed E-state index contributed by atoms with van der Waals surface area (Å²) in [6, 6.07) is 19.9. The molecule has 1 atom stereocenters. The third-order valence-electron chi connectivity index (χ3n) is 6.52. The highest BCUT2D eigenvalue weighted by molar-refractivity contribution is 6.31. The number of aryl methyl sites for hydroxylation is 1. The van der Waals surface area contributed by atoms with E-state index < -0.39 is 17.5 Å². The van der Waals surface area contributed by atoms with Crippen LogP contribution >= 0.6 is 11.6 Å². The van der Waals surface area contributed by atoms with E-state index in [1.165, 1.54) is 20.1 Å². The van der Waals surface area contributed by atoms with E-state index in [2.05, 4.69) is 15.5 Å². The fraction of sp³-hybridized carbons (Fsp3) is 0.167. The molecule has 40 heavy (non-hydrogen) atoms. The van der Waals surface area contributed by atoms with Crippen molar-refractivity contribution in [2.24, 2.45) is 7.05 Å². The molecular formula is C30H26ClN5O4. The molecule has 1 N–H and O–H groups in total. The molecule has 0 saturated carbocycles. The highest BCUT2D eigenvalue weighted by Gasteiger charge is 2.26. The van der Waals surface area contributed by atoms with Crippen LogP contribution in [0.2, 0.25) is 5.02 Å². The van der Waals surface area contributed by atoms with Crippen molar-refractivity contribution in [3.05, 3.63) is 105 Å². The van der Waals surface area contributed by atoms with Crippen LogP contribution in [0.5, 0.6) is 5.88 Å². The number of amides is 1. The van der Waals surface area contributed by atoms with Crippen molar-refractivity contribution in [3.63, 3.8) is 0 Å². The maximum atomic E-state index is 13.7. The second-order valence-corrected chi connectivity index (χ2v) is 9.80. The number of benzene rings is 3. The Morgan fingerprint density at radius 2 is 1.77 bits per heavy atom. The summed E-state index contributed by atoms with van der Waals surface area (Å²) < 4.78 is 8.37. The van der Waals surface area contributed by atoms with Crippen LogP contribution in [0.15, 0.2) is 83.8 Å². The molecule has 0 aliphatic rings. The number of carbonyl (C=O) groups excluding carboxylic acids is 2. The van der Waals surface area contributed by atoms with Gasteiger partial charge in [-0.3, -0.25) is 19.1 Å². The lowest BCUT2D eigenvalue weighted by molar-refractivity contribution is -0.119. The normalized spacial score (nSPS) is 11.8. The van der Waals surface area contributed by atoms with Crippen molar-refractivity contribution >= 4 is 39.9 Å². The van der Waals surface area contributed by atoms with E-state index in [-0.39, 0.29) is 18.1 Å². The number of methoxy groups -OCH3 is 1. The van der Waals surface area contributed by atoms with Crippen LogP contribution in [-0.2, 0) is 18.3 Å². The average molecular weight is 556 g/mol. The Hall–Kier alpha value is -4.76. The van der Waals surface area contributed by atoms with Crippen molar-refractivity contribution in [1.82, 2.24) is 19.6 Å². The minimum atomic E-state index is -1.01. The van der Waals surface area contributed by atoms with E-state index in [0.29, 0.717) is 27.4 Å². The maximum Gasteiger partial charge on any atom is 0.268 e. The number of anilines is 1. The fourth-order valence-electron chi connectivity index (χ4n) is 4.65. The lowest BCUT2D eigenvalue weighted by atomic mass is 9.98. The zero-order valence-corrected chi connectivity index (χ0v) is 22.8. The number of nitrogens with zero attached hydrogens (tertiary/aromatic N) is 4. The molecule has 2 aromatic heterocycles. The minimum Gasteiger partial charge on any atom is -0.480 e. The molecule has 0 aliphatic heterocycles. The number of rotatable bonds is 8. The van der Waals surface area contributed by atoms with Crippen LogP contribution < -0.4 is 15.6 Å². The molecule has 0 unspecified atom stereocenters. The second-order valence-electron chi connectivity index (χ2n) is 9.37. The lowest BCUT2D eigenvalue weighted by Crippen LogP contribution is -2.36. The number of ether oxygens (including phenoxy) is 1. The van der Waals surface area contributed by atoms with Gasteiger partial charge in [-0.15, -0.1) is 5.10 Å². The van der Waals surface area contributed by atoms with Gasteiger partial charge in [-0.1, -0.05) is 41.9 Å². The molecule has 202 valence electrons. The summed E-state index contributed by atoms with van der Waals surface area (Å²) in [6.07, 6.45) is 2.06. The fourth-order valence-corrected chi connectivity index (χ4v) is 4.82. The Bertz CT molecular complexity index is 1800. The monoisotopic (exact) mass is 555 g/mol. The summed E-state index contributed by atoms with van der Waals surface area (Å²) in [5.41, 5.74) is 2.75. The third kappa shape index (κ3) is 5.50. The van der Waals surface area contributed by atoms with Gasteiger partial charge in [-0.2, -0.15) is 5.10 Å². The molecule has 0 spiro atoms. The molecule has 5 aromatic rings. The largest absolute Gasteiger partial charge is 0.480 e. The summed E-state index contributed by atoms with van der Waals surface area (Å²) in [5, 5.41) is 13.0. The molecule has 3 aromatic carbocycles. The third-order valence-corrected chi connectivity index (χ3v) is 6.76. The zero-order valence-electron chi connectivity index (χ0n) is 22.1. The van der Waals surface area contributed by atoms with E-state index in [4.69, 9.17) is 16.3 Å². The Morgan fingerprint density at radius 3 is 2.50 bits per heavy atom. The summed E-state index contributed by atoms with van der Waals surface area (Å²) in [6.45, 7) is 1.43. The van der Waals surface area contributed by atoms with Crippen LogP contribution in [0.1, 0.15) is 28.9 Å². The van der Waals surface area contributed by atoms with Gasteiger partial charge in [-0.05, 0) is 54.4 Å². The van der Waals surface area contributed by atoms with Crippen LogP contribution in [0, 0.1) is 0 Å². The number of aromatic nitrogens is 4. The second kappa shape index (κ2) is 11.2. The zero-order chi connectivity index (χ0) is 28.4. The quantitative estimate of drug-likeness (QED) is 0.267. The van der Waals surface area contributed by atoms with Crippen molar-refractivity contribution < 1.29 is 14.3 Å². The number of Topliss-reactive ketones (excluding diaryl/α,β-unsaturated/α-hetero) is 1. The molecule has 0 saturated heterocycles. The number of hydrogen-bond acceptors (Lipinski definition) is 6. The Labute approximate surface area is 235 Å². The van der Waals surface area contributed by atoms with Crippen molar-refractivity contribution in [3.8, 4) is 17.0 Å². The molecule has 10 heteroatoms. The van der Waals surface area contributed by atoms with Crippen LogP contribution in [0.25, 0.3) is 22.0 Å². The topological polar surface area (TPSA) is 108 Å². The smallest absolute Gasteiger partial charge is 0.268 e. The SMILES string of the molecule is COc1nn([C@@H](Cc2ccccc2)C(=O)Nc2ccc3nn(C)cc3c2)c(=O)cc1-c1cc(Cl)ccc1C(C)=O. The van der Waals surface area contributed by atoms with E-state index in [1.54, 1.807) is 28.9 Å². The van der Waals surface area contributed by atoms with Crippen LogP contribution in [0.4, 0.5) is 5.69 Å². The Morgan fingerprint density at radius 1 is 1.00 bits per heavy atom. The highest BCUT2D eigenvalue weighted by Crippen LogP contribution is 2.33. The predicted molar refractivity (Wildman–Crippen MR) is 154 cm³/mol. The standard InChI is InChI=1S/C30H26ClN5O4/c1-18(37)23-11-9-21(31)15-24(23)25-16-28(38)36(34-30(25)40-3)27(13-19-7-5-4-6-8-19)29(39)32-22-10-12-26-20(14-22)17-35(2)33-26/h4-12,14-17,27H,13H2,1-3H3,(H,32,39)/t27-/m0/s1. The Kier molecular flexibility index (Phi) is 7.48. The van der Waals surface area contributed by atoms with E-state index in [0.717, 1.165) is 21.1 Å². The number of carbonyl (C=O) groups is 2. The maximum absolute atomic E-state index is 13.7. The molecular weight excluding hydrogens is 530 g/mol. The lowest BCUT2D eigenvalue weighted by Gasteiger charge is -2.20. The number of ketones is 1. The first-order chi connectivity index (χ1) is 19.2.